The van der Waals surface area contributed by atoms with E-state index >= 15 is 0 Å². The molecule has 2 fully saturated rings. The molecule has 5 rings (SSSR count). The highest BCUT2D eigenvalue weighted by Gasteiger charge is 2.93. The molecule has 2 aromatic rings. The van der Waals surface area contributed by atoms with E-state index in [2.05, 4.69) is 0 Å². The van der Waals surface area contributed by atoms with E-state index in [1.54, 1.807) is 31.2 Å². The first-order valence-corrected chi connectivity index (χ1v) is 8.21. The van der Waals surface area contributed by atoms with Crippen molar-refractivity contribution in [3.05, 3.63) is 59.7 Å². The summed E-state index contributed by atoms with van der Waals surface area (Å²) >= 11 is 0. The third kappa shape index (κ3) is 1.36. The summed E-state index contributed by atoms with van der Waals surface area (Å²) < 4.78 is 5.44. The maximum atomic E-state index is 13.2. The van der Waals surface area contributed by atoms with E-state index in [0.29, 0.717) is 11.4 Å². The Morgan fingerprint density at radius 2 is 1.64 bits per heavy atom. The van der Waals surface area contributed by atoms with Gasteiger partial charge in [-0.15, -0.1) is 0 Å². The van der Waals surface area contributed by atoms with Crippen LogP contribution in [0, 0.1) is 17.8 Å². The fourth-order valence-corrected chi connectivity index (χ4v) is 4.64. The molecule has 1 saturated carbocycles. The Balaban J connectivity index is 1.67. The standard InChI is InChI=1S/C20H15NO4/c1-11-7-9-12(10-8-11)21-16(22)19(2)15-13-5-3-4-6-14(13)25-18(24)20(15,19)17(21)23/h3-10,15H,1-2H3/t15-,19-,20+/m1/s1. The van der Waals surface area contributed by atoms with Crippen LogP contribution in [-0.4, -0.2) is 17.8 Å². The van der Waals surface area contributed by atoms with Crippen molar-refractivity contribution in [3.8, 4) is 5.75 Å². The number of esters is 1. The van der Waals surface area contributed by atoms with E-state index in [1.807, 2.05) is 31.2 Å². The number of hydrogen-bond donors (Lipinski definition) is 0. The van der Waals surface area contributed by atoms with Gasteiger partial charge in [0.1, 0.15) is 5.75 Å². The quantitative estimate of drug-likeness (QED) is 0.348. The van der Waals surface area contributed by atoms with Gasteiger partial charge in [0.05, 0.1) is 11.1 Å². The first-order chi connectivity index (χ1) is 11.9. The number of rotatable bonds is 1. The van der Waals surface area contributed by atoms with Gasteiger partial charge in [0.2, 0.25) is 5.91 Å². The van der Waals surface area contributed by atoms with Crippen molar-refractivity contribution < 1.29 is 19.1 Å². The van der Waals surface area contributed by atoms with Crippen LogP contribution >= 0.6 is 0 Å². The molecule has 2 heterocycles. The van der Waals surface area contributed by atoms with Crippen LogP contribution in [0.15, 0.2) is 48.5 Å². The smallest absolute Gasteiger partial charge is 0.328 e. The molecule has 0 bridgehead atoms. The second-order valence-corrected chi connectivity index (χ2v) is 7.15. The number of carbonyl (C=O) groups is 3. The van der Waals surface area contributed by atoms with Crippen molar-refractivity contribution in [3.63, 3.8) is 0 Å². The van der Waals surface area contributed by atoms with Gasteiger partial charge in [-0.2, -0.15) is 0 Å². The van der Waals surface area contributed by atoms with Crippen LogP contribution in [0.5, 0.6) is 5.75 Å². The summed E-state index contributed by atoms with van der Waals surface area (Å²) in [7, 11) is 0. The van der Waals surface area contributed by atoms with Gasteiger partial charge in [0.25, 0.3) is 5.91 Å². The predicted octanol–water partition coefficient (Wildman–Crippen LogP) is 2.58. The van der Waals surface area contributed by atoms with Crippen molar-refractivity contribution in [1.82, 2.24) is 0 Å². The zero-order chi connectivity index (χ0) is 17.6. The Morgan fingerprint density at radius 3 is 2.36 bits per heavy atom. The van der Waals surface area contributed by atoms with Gasteiger partial charge in [0.15, 0.2) is 5.41 Å². The van der Waals surface area contributed by atoms with Gasteiger partial charge in [-0.3, -0.25) is 14.4 Å². The number of benzene rings is 2. The average Bonchev–Trinajstić information content (AvgIpc) is 3.15. The molecule has 25 heavy (non-hydrogen) atoms. The van der Waals surface area contributed by atoms with Crippen LogP contribution in [0.25, 0.3) is 0 Å². The highest BCUT2D eigenvalue weighted by Crippen LogP contribution is 2.81. The molecule has 124 valence electrons. The van der Waals surface area contributed by atoms with Crippen molar-refractivity contribution in [2.45, 2.75) is 19.8 Å². The van der Waals surface area contributed by atoms with Crippen molar-refractivity contribution in [1.29, 1.82) is 0 Å². The SMILES string of the molecule is Cc1ccc(N2C(=O)[C@]34C(=O)Oc5ccccc5[C@@H]3[C@]4(C)C2=O)cc1. The normalized spacial score (nSPS) is 32.0. The number of nitrogens with zero attached hydrogens (tertiary/aromatic N) is 1. The lowest BCUT2D eigenvalue weighted by Crippen LogP contribution is -2.42. The van der Waals surface area contributed by atoms with Gasteiger partial charge in [-0.25, -0.2) is 4.90 Å². The zero-order valence-electron chi connectivity index (χ0n) is 13.8. The highest BCUT2D eigenvalue weighted by atomic mass is 16.5. The minimum absolute atomic E-state index is 0.333. The first-order valence-electron chi connectivity index (χ1n) is 8.21. The van der Waals surface area contributed by atoms with E-state index in [1.165, 1.54) is 0 Å². The minimum atomic E-state index is -1.43. The van der Waals surface area contributed by atoms with Crippen molar-refractivity contribution in [2.75, 3.05) is 4.90 Å². The molecule has 3 aliphatic rings. The molecule has 2 aliphatic heterocycles. The van der Waals surface area contributed by atoms with E-state index in [0.717, 1.165) is 16.0 Å². The highest BCUT2D eigenvalue weighted by molar-refractivity contribution is 6.36. The molecular formula is C20H15NO4. The van der Waals surface area contributed by atoms with Crippen molar-refractivity contribution in [2.24, 2.45) is 10.8 Å². The van der Waals surface area contributed by atoms with Crippen LogP contribution in [0.2, 0.25) is 0 Å². The number of carbonyl (C=O) groups excluding carboxylic acids is 3. The summed E-state index contributed by atoms with van der Waals surface area (Å²) in [5, 5.41) is 0. The molecular weight excluding hydrogens is 318 g/mol. The summed E-state index contributed by atoms with van der Waals surface area (Å²) in [5.74, 6) is -1.43. The van der Waals surface area contributed by atoms with Gasteiger partial charge < -0.3 is 4.74 Å². The fourth-order valence-electron chi connectivity index (χ4n) is 4.64. The number of aryl methyl sites for hydroxylation is 1. The summed E-state index contributed by atoms with van der Waals surface area (Å²) in [6.07, 6.45) is 0. The monoisotopic (exact) mass is 333 g/mol. The molecule has 0 aromatic heterocycles. The lowest BCUT2D eigenvalue weighted by atomic mass is 9.94. The summed E-state index contributed by atoms with van der Waals surface area (Å²) in [6.45, 7) is 3.63. The molecule has 0 unspecified atom stereocenters. The lowest BCUT2D eigenvalue weighted by molar-refractivity contribution is -0.147. The van der Waals surface area contributed by atoms with Crippen LogP contribution in [0.4, 0.5) is 5.69 Å². The van der Waals surface area contributed by atoms with Gasteiger partial charge in [-0.05, 0) is 32.0 Å². The van der Waals surface area contributed by atoms with Gasteiger partial charge >= 0.3 is 5.97 Å². The Morgan fingerprint density at radius 1 is 0.960 bits per heavy atom. The minimum Gasteiger partial charge on any atom is -0.425 e. The molecule has 3 atom stereocenters. The third-order valence-corrected chi connectivity index (χ3v) is 5.98. The van der Waals surface area contributed by atoms with Crippen LogP contribution < -0.4 is 9.64 Å². The molecule has 0 radical (unpaired) electrons. The number of imide groups is 1. The third-order valence-electron chi connectivity index (χ3n) is 5.98. The van der Waals surface area contributed by atoms with Gasteiger partial charge in [0, 0.05) is 11.5 Å². The maximum Gasteiger partial charge on any atom is 0.328 e. The number of para-hydroxylation sites is 1. The molecule has 1 spiro atoms. The number of ether oxygens (including phenoxy) is 1. The molecule has 5 heteroatoms. The summed E-state index contributed by atoms with van der Waals surface area (Å²) in [5.41, 5.74) is -0.230. The Labute approximate surface area is 144 Å². The number of hydrogen-bond acceptors (Lipinski definition) is 4. The van der Waals surface area contributed by atoms with Crippen LogP contribution in [0.3, 0.4) is 0 Å². The Kier molecular flexibility index (Phi) is 2.40. The number of amides is 2. The molecule has 1 aliphatic carbocycles. The van der Waals surface area contributed by atoms with Crippen molar-refractivity contribution >= 4 is 23.5 Å². The topological polar surface area (TPSA) is 63.7 Å². The molecule has 5 nitrogen and oxygen atoms in total. The van der Waals surface area contributed by atoms with E-state index < -0.39 is 28.6 Å². The lowest BCUT2D eigenvalue weighted by Gasteiger charge is -2.25. The van der Waals surface area contributed by atoms with Crippen LogP contribution in [-0.2, 0) is 14.4 Å². The summed E-state index contributed by atoms with van der Waals surface area (Å²) in [4.78, 5) is 40.3. The van der Waals surface area contributed by atoms with E-state index in [4.69, 9.17) is 4.74 Å². The molecule has 0 N–H and O–H groups in total. The second kappa shape index (κ2) is 4.17. The first kappa shape index (κ1) is 14.4. The number of fused-ring (bicyclic) bond motifs is 3. The average molecular weight is 333 g/mol. The Bertz CT molecular complexity index is 979. The zero-order valence-corrected chi connectivity index (χ0v) is 13.8. The number of piperidine rings is 1. The molecule has 1 saturated heterocycles. The maximum absolute atomic E-state index is 13.2. The van der Waals surface area contributed by atoms with E-state index in [9.17, 15) is 14.4 Å². The summed E-state index contributed by atoms with van der Waals surface area (Å²) in [6, 6.07) is 14.3. The van der Waals surface area contributed by atoms with E-state index in [-0.39, 0.29) is 5.91 Å². The van der Waals surface area contributed by atoms with Gasteiger partial charge in [-0.1, -0.05) is 35.9 Å². The predicted molar refractivity (Wildman–Crippen MR) is 89.0 cm³/mol. The largest absolute Gasteiger partial charge is 0.425 e. The second-order valence-electron chi connectivity index (χ2n) is 7.15. The molecule has 2 amide bonds. The fraction of sp³-hybridized carbons (Fsp3) is 0.250. The molecule has 2 aromatic carbocycles. The Hall–Kier alpha value is -2.95. The number of anilines is 1. The van der Waals surface area contributed by atoms with Crippen LogP contribution in [0.1, 0.15) is 24.0 Å².